The number of hydrogen-bond acceptors (Lipinski definition) is 2. The molecule has 0 radical (unpaired) electrons. The molecule has 82 valence electrons. The number of hydrogen-bond donors (Lipinski definition) is 1. The average Bonchev–Trinajstić information content (AvgIpc) is 2.35. The van der Waals surface area contributed by atoms with Crippen LogP contribution in [-0.4, -0.2) is 21.9 Å². The van der Waals surface area contributed by atoms with Gasteiger partial charge in [0.15, 0.2) is 0 Å². The van der Waals surface area contributed by atoms with Crippen molar-refractivity contribution in [3.05, 3.63) is 42.1 Å². The molecule has 1 amide bonds. The lowest BCUT2D eigenvalue weighted by atomic mass is 10.1. The Kier molecular flexibility index (Phi) is 3.71. The number of carbonyl (C=O) groups is 1. The molecule has 0 fully saturated rings. The van der Waals surface area contributed by atoms with Crippen molar-refractivity contribution in [2.75, 3.05) is 11.0 Å². The van der Waals surface area contributed by atoms with Gasteiger partial charge in [0, 0.05) is 28.1 Å². The van der Waals surface area contributed by atoms with Gasteiger partial charge in [0.05, 0.1) is 5.52 Å². The summed E-state index contributed by atoms with van der Waals surface area (Å²) >= 11 is 2.23. The number of rotatable bonds is 3. The Morgan fingerprint density at radius 3 is 3.00 bits per heavy atom. The Balaban J connectivity index is 2.40. The van der Waals surface area contributed by atoms with E-state index in [1.54, 1.807) is 6.20 Å². The Morgan fingerprint density at radius 1 is 1.31 bits per heavy atom. The molecule has 4 heteroatoms. The van der Waals surface area contributed by atoms with E-state index < -0.39 is 0 Å². The number of nitrogens with one attached hydrogen (secondary N) is 1. The maximum absolute atomic E-state index is 11.9. The zero-order valence-electron chi connectivity index (χ0n) is 8.61. The third-order valence-corrected chi connectivity index (χ3v) is 2.81. The Hall–Kier alpha value is -1.17. The minimum absolute atomic E-state index is 0.0322. The highest BCUT2D eigenvalue weighted by atomic mass is 127. The van der Waals surface area contributed by atoms with Crippen molar-refractivity contribution in [2.45, 2.75) is 0 Å². The summed E-state index contributed by atoms with van der Waals surface area (Å²) in [4.78, 5) is 16.1. The molecule has 0 aliphatic carbocycles. The summed E-state index contributed by atoms with van der Waals surface area (Å²) in [6, 6.07) is 9.35. The number of carbonyl (C=O) groups excluding carboxylic acids is 1. The molecule has 1 heterocycles. The van der Waals surface area contributed by atoms with Crippen LogP contribution >= 0.6 is 22.6 Å². The van der Waals surface area contributed by atoms with E-state index >= 15 is 0 Å². The smallest absolute Gasteiger partial charge is 0.251 e. The second-order valence-corrected chi connectivity index (χ2v) is 4.40. The van der Waals surface area contributed by atoms with Gasteiger partial charge in [-0.3, -0.25) is 9.78 Å². The molecule has 2 rings (SSSR count). The zero-order valence-corrected chi connectivity index (χ0v) is 10.8. The lowest BCUT2D eigenvalue weighted by molar-refractivity contribution is 0.0958. The average molecular weight is 326 g/mol. The van der Waals surface area contributed by atoms with Gasteiger partial charge in [-0.1, -0.05) is 34.7 Å². The van der Waals surface area contributed by atoms with E-state index in [1.807, 2.05) is 30.3 Å². The number of aromatic nitrogens is 1. The van der Waals surface area contributed by atoms with Crippen molar-refractivity contribution >= 4 is 39.4 Å². The number of amides is 1. The molecule has 0 spiro atoms. The first-order valence-electron chi connectivity index (χ1n) is 5.01. The van der Waals surface area contributed by atoms with Crippen LogP contribution < -0.4 is 5.32 Å². The summed E-state index contributed by atoms with van der Waals surface area (Å²) in [5.74, 6) is -0.0322. The van der Waals surface area contributed by atoms with E-state index in [0.29, 0.717) is 12.1 Å². The lowest BCUT2D eigenvalue weighted by Gasteiger charge is -2.06. The third kappa shape index (κ3) is 2.32. The molecule has 0 aliphatic rings. The normalized spacial score (nSPS) is 10.3. The molecule has 0 saturated heterocycles. The van der Waals surface area contributed by atoms with Crippen molar-refractivity contribution in [2.24, 2.45) is 0 Å². The summed E-state index contributed by atoms with van der Waals surface area (Å²) in [7, 11) is 0. The second kappa shape index (κ2) is 5.25. The zero-order chi connectivity index (χ0) is 11.4. The third-order valence-electron chi connectivity index (χ3n) is 2.27. The van der Waals surface area contributed by atoms with Crippen molar-refractivity contribution in [3.8, 4) is 0 Å². The van der Waals surface area contributed by atoms with E-state index in [0.717, 1.165) is 15.3 Å². The molecule has 1 aromatic carbocycles. The molecule has 3 nitrogen and oxygen atoms in total. The topological polar surface area (TPSA) is 42.0 Å². The van der Waals surface area contributed by atoms with Crippen molar-refractivity contribution < 1.29 is 4.79 Å². The summed E-state index contributed by atoms with van der Waals surface area (Å²) in [6.07, 6.45) is 1.73. The molecule has 1 N–H and O–H groups in total. The number of pyridine rings is 1. The van der Waals surface area contributed by atoms with Gasteiger partial charge in [0.2, 0.25) is 0 Å². The van der Waals surface area contributed by atoms with E-state index in [2.05, 4.69) is 32.9 Å². The lowest BCUT2D eigenvalue weighted by Crippen LogP contribution is -2.25. The van der Waals surface area contributed by atoms with Crippen LogP contribution in [0.2, 0.25) is 0 Å². The van der Waals surface area contributed by atoms with E-state index in [4.69, 9.17) is 0 Å². The van der Waals surface area contributed by atoms with Crippen LogP contribution in [0.4, 0.5) is 0 Å². The van der Waals surface area contributed by atoms with Crippen LogP contribution in [0.25, 0.3) is 10.9 Å². The fraction of sp³-hybridized carbons (Fsp3) is 0.167. The first-order valence-corrected chi connectivity index (χ1v) is 6.53. The molecule has 0 aliphatic heterocycles. The Labute approximate surface area is 107 Å². The highest BCUT2D eigenvalue weighted by Crippen LogP contribution is 2.15. The van der Waals surface area contributed by atoms with Gasteiger partial charge < -0.3 is 5.32 Å². The number of fused-ring (bicyclic) bond motifs is 1. The van der Waals surface area contributed by atoms with Gasteiger partial charge in [-0.15, -0.1) is 0 Å². The van der Waals surface area contributed by atoms with Crippen molar-refractivity contribution in [1.29, 1.82) is 0 Å². The van der Waals surface area contributed by atoms with Crippen LogP contribution in [0.5, 0.6) is 0 Å². The van der Waals surface area contributed by atoms with E-state index in [1.165, 1.54) is 0 Å². The predicted octanol–water partition coefficient (Wildman–Crippen LogP) is 2.40. The monoisotopic (exact) mass is 326 g/mol. The molecule has 0 saturated carbocycles. The Morgan fingerprint density at radius 2 is 2.19 bits per heavy atom. The molecule has 0 bridgehead atoms. The van der Waals surface area contributed by atoms with E-state index in [-0.39, 0.29) is 5.91 Å². The molecule has 1 aromatic heterocycles. The molecule has 2 aromatic rings. The van der Waals surface area contributed by atoms with Gasteiger partial charge >= 0.3 is 0 Å². The highest BCUT2D eigenvalue weighted by molar-refractivity contribution is 14.1. The second-order valence-electron chi connectivity index (χ2n) is 3.32. The molecule has 0 atom stereocenters. The summed E-state index contributed by atoms with van der Waals surface area (Å²) in [6.45, 7) is 0.691. The minimum atomic E-state index is -0.0322. The fourth-order valence-corrected chi connectivity index (χ4v) is 1.83. The Bertz CT molecular complexity index is 508. The standard InChI is InChI=1S/C12H11IN2O/c13-6-8-15-12(16)10-3-1-5-11-9(10)4-2-7-14-11/h1-5,7H,6,8H2,(H,15,16). The molecular weight excluding hydrogens is 315 g/mol. The first-order chi connectivity index (χ1) is 7.83. The SMILES string of the molecule is O=C(NCCI)c1cccc2ncccc12. The van der Waals surface area contributed by atoms with Crippen molar-refractivity contribution in [3.63, 3.8) is 0 Å². The van der Waals surface area contributed by atoms with Crippen LogP contribution in [0.3, 0.4) is 0 Å². The van der Waals surface area contributed by atoms with Crippen LogP contribution in [0.15, 0.2) is 36.5 Å². The van der Waals surface area contributed by atoms with Gasteiger partial charge in [-0.25, -0.2) is 0 Å². The van der Waals surface area contributed by atoms with Crippen molar-refractivity contribution in [1.82, 2.24) is 10.3 Å². The van der Waals surface area contributed by atoms with Gasteiger partial charge in [-0.05, 0) is 18.2 Å². The number of halogens is 1. The van der Waals surface area contributed by atoms with Crippen LogP contribution in [0, 0.1) is 0 Å². The summed E-state index contributed by atoms with van der Waals surface area (Å²) in [5.41, 5.74) is 1.54. The number of nitrogens with zero attached hydrogens (tertiary/aromatic N) is 1. The maximum Gasteiger partial charge on any atom is 0.251 e. The first kappa shape index (κ1) is 11.3. The minimum Gasteiger partial charge on any atom is -0.351 e. The summed E-state index contributed by atoms with van der Waals surface area (Å²) in [5, 5.41) is 3.77. The number of benzene rings is 1. The number of alkyl halides is 1. The largest absolute Gasteiger partial charge is 0.351 e. The van der Waals surface area contributed by atoms with Gasteiger partial charge in [-0.2, -0.15) is 0 Å². The molecule has 16 heavy (non-hydrogen) atoms. The fourth-order valence-electron chi connectivity index (χ4n) is 1.56. The maximum atomic E-state index is 11.9. The highest BCUT2D eigenvalue weighted by Gasteiger charge is 2.08. The quantitative estimate of drug-likeness (QED) is 0.695. The predicted molar refractivity (Wildman–Crippen MR) is 73.0 cm³/mol. The summed E-state index contributed by atoms with van der Waals surface area (Å²) < 4.78 is 0.909. The van der Waals surface area contributed by atoms with E-state index in [9.17, 15) is 4.79 Å². The van der Waals surface area contributed by atoms with Crippen LogP contribution in [-0.2, 0) is 0 Å². The molecular formula is C12H11IN2O. The van der Waals surface area contributed by atoms with Gasteiger partial charge in [0.1, 0.15) is 0 Å². The molecule has 0 unspecified atom stereocenters. The van der Waals surface area contributed by atoms with Gasteiger partial charge in [0.25, 0.3) is 5.91 Å². The van der Waals surface area contributed by atoms with Crippen LogP contribution in [0.1, 0.15) is 10.4 Å².